The van der Waals surface area contributed by atoms with Crippen LogP contribution in [0.1, 0.15) is 57.4 Å². The zero-order valence-corrected chi connectivity index (χ0v) is 12.9. The molecule has 0 spiro atoms. The van der Waals surface area contributed by atoms with E-state index in [1.807, 2.05) is 11.3 Å². The van der Waals surface area contributed by atoms with Crippen molar-refractivity contribution in [2.75, 3.05) is 6.54 Å². The van der Waals surface area contributed by atoms with Crippen LogP contribution in [0.15, 0.2) is 4.52 Å². The first-order valence-electron chi connectivity index (χ1n) is 7.55. The van der Waals surface area contributed by atoms with Crippen molar-refractivity contribution >= 4 is 17.2 Å². The maximum atomic E-state index is 11.1. The van der Waals surface area contributed by atoms with Crippen LogP contribution in [-0.4, -0.2) is 32.5 Å². The lowest BCUT2D eigenvalue weighted by Crippen LogP contribution is -2.23. The Balaban J connectivity index is 1.51. The standard InChI is InChI=1S/C14H17N5O2S/c15-12(20)13-17-14(21-18-13)9-4-2-6-19(9)7-11-16-8-3-1-5-10(8)22-11/h9H,1-7H2,(H2,15,20). The van der Waals surface area contributed by atoms with Gasteiger partial charge in [-0.05, 0) is 38.6 Å². The van der Waals surface area contributed by atoms with Crippen LogP contribution in [0.4, 0.5) is 0 Å². The summed E-state index contributed by atoms with van der Waals surface area (Å²) in [5, 5.41) is 4.80. The molecular formula is C14H17N5O2S. The summed E-state index contributed by atoms with van der Waals surface area (Å²) in [6, 6.07) is 0.0549. The third-order valence-electron chi connectivity index (χ3n) is 4.29. The summed E-state index contributed by atoms with van der Waals surface area (Å²) >= 11 is 1.82. The van der Waals surface area contributed by atoms with Crippen molar-refractivity contribution < 1.29 is 9.32 Å². The fourth-order valence-corrected chi connectivity index (χ4v) is 4.43. The van der Waals surface area contributed by atoms with E-state index < -0.39 is 5.91 Å². The van der Waals surface area contributed by atoms with Gasteiger partial charge in [0.2, 0.25) is 5.89 Å². The molecule has 3 heterocycles. The van der Waals surface area contributed by atoms with E-state index in [4.69, 9.17) is 15.2 Å². The van der Waals surface area contributed by atoms with Crippen molar-refractivity contribution in [3.63, 3.8) is 0 Å². The minimum atomic E-state index is -0.657. The largest absolute Gasteiger partial charge is 0.363 e. The number of likely N-dealkylation sites (tertiary alicyclic amines) is 1. The van der Waals surface area contributed by atoms with E-state index in [2.05, 4.69) is 15.0 Å². The zero-order chi connectivity index (χ0) is 15.1. The van der Waals surface area contributed by atoms with Crippen LogP contribution in [-0.2, 0) is 19.4 Å². The van der Waals surface area contributed by atoms with Crippen LogP contribution in [0.3, 0.4) is 0 Å². The fourth-order valence-electron chi connectivity index (χ4n) is 3.25. The maximum absolute atomic E-state index is 11.1. The zero-order valence-electron chi connectivity index (χ0n) is 12.1. The predicted molar refractivity (Wildman–Crippen MR) is 79.3 cm³/mol. The first-order valence-corrected chi connectivity index (χ1v) is 8.37. The van der Waals surface area contributed by atoms with E-state index in [9.17, 15) is 4.79 Å². The second kappa shape index (κ2) is 5.44. The second-order valence-electron chi connectivity index (χ2n) is 5.78. The Morgan fingerprint density at radius 3 is 3.05 bits per heavy atom. The Hall–Kier alpha value is -1.80. The maximum Gasteiger partial charge on any atom is 0.290 e. The van der Waals surface area contributed by atoms with Crippen LogP contribution >= 0.6 is 11.3 Å². The number of hydrogen-bond donors (Lipinski definition) is 1. The molecule has 1 saturated heterocycles. The number of carbonyl (C=O) groups is 1. The Morgan fingerprint density at radius 2 is 2.27 bits per heavy atom. The Kier molecular flexibility index (Phi) is 3.42. The third-order valence-corrected chi connectivity index (χ3v) is 5.43. The minimum Gasteiger partial charge on any atom is -0.363 e. The highest BCUT2D eigenvalue weighted by Gasteiger charge is 2.32. The Morgan fingerprint density at radius 1 is 1.36 bits per heavy atom. The number of amides is 1. The molecule has 0 radical (unpaired) electrons. The van der Waals surface area contributed by atoms with Gasteiger partial charge in [-0.2, -0.15) is 4.98 Å². The van der Waals surface area contributed by atoms with E-state index in [1.165, 1.54) is 23.4 Å². The van der Waals surface area contributed by atoms with Crippen molar-refractivity contribution in [3.05, 3.63) is 27.3 Å². The molecule has 2 aliphatic rings. The van der Waals surface area contributed by atoms with Crippen LogP contribution in [0.5, 0.6) is 0 Å². The van der Waals surface area contributed by atoms with E-state index in [0.717, 1.165) is 37.4 Å². The number of nitrogens with two attached hydrogens (primary N) is 1. The fraction of sp³-hybridized carbons (Fsp3) is 0.571. The predicted octanol–water partition coefficient (Wildman–Crippen LogP) is 1.45. The van der Waals surface area contributed by atoms with Gasteiger partial charge in [0.25, 0.3) is 11.7 Å². The van der Waals surface area contributed by atoms with Crippen LogP contribution in [0.2, 0.25) is 0 Å². The number of nitrogens with zero attached hydrogens (tertiary/aromatic N) is 4. The van der Waals surface area contributed by atoms with Crippen LogP contribution < -0.4 is 5.73 Å². The smallest absolute Gasteiger partial charge is 0.290 e. The highest BCUT2D eigenvalue weighted by atomic mass is 32.1. The van der Waals surface area contributed by atoms with Gasteiger partial charge in [-0.15, -0.1) is 11.3 Å². The number of fused-ring (bicyclic) bond motifs is 1. The van der Waals surface area contributed by atoms with Gasteiger partial charge in [-0.3, -0.25) is 9.69 Å². The van der Waals surface area contributed by atoms with E-state index in [0.29, 0.717) is 5.89 Å². The lowest BCUT2D eigenvalue weighted by atomic mass is 10.2. The molecule has 2 aromatic heterocycles. The summed E-state index contributed by atoms with van der Waals surface area (Å²) in [6.07, 6.45) is 5.54. The molecule has 22 heavy (non-hydrogen) atoms. The number of aryl methyl sites for hydroxylation is 2. The van der Waals surface area contributed by atoms with Gasteiger partial charge < -0.3 is 10.3 Å². The van der Waals surface area contributed by atoms with Gasteiger partial charge in [-0.25, -0.2) is 4.98 Å². The van der Waals surface area contributed by atoms with Crippen LogP contribution in [0.25, 0.3) is 0 Å². The lowest BCUT2D eigenvalue weighted by Gasteiger charge is -2.19. The van der Waals surface area contributed by atoms with E-state index in [1.54, 1.807) is 0 Å². The summed E-state index contributed by atoms with van der Waals surface area (Å²) in [5.74, 6) is -0.221. The summed E-state index contributed by atoms with van der Waals surface area (Å²) in [6.45, 7) is 1.78. The number of rotatable bonds is 4. The van der Waals surface area contributed by atoms with Gasteiger partial charge in [-0.1, -0.05) is 5.16 Å². The molecular weight excluding hydrogens is 302 g/mol. The van der Waals surface area contributed by atoms with Gasteiger partial charge in [0.1, 0.15) is 5.01 Å². The van der Waals surface area contributed by atoms with Gasteiger partial charge in [0.15, 0.2) is 0 Å². The first kappa shape index (κ1) is 13.8. The Labute approximate surface area is 131 Å². The number of hydrogen-bond acceptors (Lipinski definition) is 7. The monoisotopic (exact) mass is 319 g/mol. The summed E-state index contributed by atoms with van der Waals surface area (Å²) in [7, 11) is 0. The SMILES string of the molecule is NC(=O)c1noc(C2CCCN2Cc2nc3c(s2)CCC3)n1. The van der Waals surface area contributed by atoms with E-state index >= 15 is 0 Å². The van der Waals surface area contributed by atoms with Crippen LogP contribution in [0, 0.1) is 0 Å². The molecule has 7 nitrogen and oxygen atoms in total. The summed E-state index contributed by atoms with van der Waals surface area (Å²) < 4.78 is 5.22. The lowest BCUT2D eigenvalue weighted by molar-refractivity contribution is 0.0987. The highest BCUT2D eigenvalue weighted by Crippen LogP contribution is 2.34. The molecule has 0 saturated carbocycles. The number of carbonyl (C=O) groups excluding carboxylic acids is 1. The van der Waals surface area contributed by atoms with Gasteiger partial charge in [0, 0.05) is 4.88 Å². The average Bonchev–Trinajstić information content (AvgIpc) is 3.21. The second-order valence-corrected chi connectivity index (χ2v) is 6.95. The van der Waals surface area contributed by atoms with Gasteiger partial charge in [0.05, 0.1) is 18.3 Å². The van der Waals surface area contributed by atoms with Crippen molar-refractivity contribution in [1.29, 1.82) is 0 Å². The molecule has 0 aromatic carbocycles. The topological polar surface area (TPSA) is 98.1 Å². The molecule has 1 amide bonds. The minimum absolute atomic E-state index is 0.0462. The number of thiazole rings is 1. The molecule has 1 unspecified atom stereocenters. The van der Waals surface area contributed by atoms with Crippen molar-refractivity contribution in [1.82, 2.24) is 20.0 Å². The summed E-state index contributed by atoms with van der Waals surface area (Å²) in [4.78, 5) is 23.7. The highest BCUT2D eigenvalue weighted by molar-refractivity contribution is 7.11. The molecule has 116 valence electrons. The average molecular weight is 319 g/mol. The van der Waals surface area contributed by atoms with Crippen molar-refractivity contribution in [3.8, 4) is 0 Å². The van der Waals surface area contributed by atoms with Crippen molar-refractivity contribution in [2.24, 2.45) is 5.73 Å². The number of aromatic nitrogens is 3. The molecule has 1 aliphatic heterocycles. The molecule has 2 aromatic rings. The summed E-state index contributed by atoms with van der Waals surface area (Å²) in [5.41, 5.74) is 6.46. The molecule has 8 heteroatoms. The molecule has 1 fully saturated rings. The molecule has 1 atom stereocenters. The van der Waals surface area contributed by atoms with Crippen molar-refractivity contribution in [2.45, 2.75) is 44.7 Å². The molecule has 4 rings (SSSR count). The first-order chi connectivity index (χ1) is 10.7. The Bertz CT molecular complexity index is 688. The third kappa shape index (κ3) is 2.42. The normalized spacial score (nSPS) is 21.4. The van der Waals surface area contributed by atoms with E-state index in [-0.39, 0.29) is 11.9 Å². The molecule has 1 aliphatic carbocycles. The molecule has 0 bridgehead atoms. The molecule has 2 N–H and O–H groups in total. The van der Waals surface area contributed by atoms with Gasteiger partial charge >= 0.3 is 0 Å². The number of primary amides is 1. The quantitative estimate of drug-likeness (QED) is 0.916.